The maximum atomic E-state index is 12.0. The van der Waals surface area contributed by atoms with E-state index in [1.807, 2.05) is 0 Å². The first-order chi connectivity index (χ1) is 8.65. The van der Waals surface area contributed by atoms with Crippen LogP contribution in [-0.2, 0) is 17.8 Å². The highest BCUT2D eigenvalue weighted by Crippen LogP contribution is 2.11. The van der Waals surface area contributed by atoms with Gasteiger partial charge in [0.15, 0.2) is 0 Å². The lowest BCUT2D eigenvalue weighted by Crippen LogP contribution is -2.27. The Balaban J connectivity index is 1.93. The second kappa shape index (κ2) is 5.35. The van der Waals surface area contributed by atoms with Crippen LogP contribution in [0.3, 0.4) is 0 Å². The number of carbonyl (C=O) groups is 1. The number of rotatable bonds is 4. The van der Waals surface area contributed by atoms with Crippen molar-refractivity contribution in [1.82, 2.24) is 15.1 Å². The molecule has 1 aromatic carbocycles. The number of likely N-dealkylation sites (N-methyl/N-ethyl adjacent to an activating group) is 1. The summed E-state index contributed by atoms with van der Waals surface area (Å²) >= 11 is 0. The number of carbonyl (C=O) groups excluding carboxylic acids is 1. The number of phenolic OH excluding ortho intramolecular Hbond substituents is 1. The Labute approximate surface area is 105 Å². The van der Waals surface area contributed by atoms with E-state index in [0.717, 1.165) is 11.1 Å². The summed E-state index contributed by atoms with van der Waals surface area (Å²) in [6.07, 6.45) is 3.79. The van der Waals surface area contributed by atoms with Crippen LogP contribution in [0.4, 0.5) is 0 Å². The number of nitrogens with one attached hydrogen (secondary N) is 1. The first kappa shape index (κ1) is 12.2. The van der Waals surface area contributed by atoms with Crippen molar-refractivity contribution in [3.63, 3.8) is 0 Å². The number of amides is 1. The largest absolute Gasteiger partial charge is 0.508 e. The quantitative estimate of drug-likeness (QED) is 0.853. The number of hydrogen-bond donors (Lipinski definition) is 2. The van der Waals surface area contributed by atoms with E-state index in [-0.39, 0.29) is 11.7 Å². The maximum Gasteiger partial charge on any atom is 0.227 e. The van der Waals surface area contributed by atoms with E-state index in [1.54, 1.807) is 48.6 Å². The minimum atomic E-state index is 0.0295. The van der Waals surface area contributed by atoms with Crippen LogP contribution >= 0.6 is 0 Å². The van der Waals surface area contributed by atoms with E-state index in [2.05, 4.69) is 10.2 Å². The molecule has 0 saturated heterocycles. The number of aromatic nitrogens is 2. The van der Waals surface area contributed by atoms with Crippen molar-refractivity contribution in [2.24, 2.45) is 0 Å². The third-order valence-corrected chi connectivity index (χ3v) is 2.69. The summed E-state index contributed by atoms with van der Waals surface area (Å²) in [6.45, 7) is 0.535. The Morgan fingerprint density at radius 3 is 2.67 bits per heavy atom. The molecule has 0 bridgehead atoms. The summed E-state index contributed by atoms with van der Waals surface area (Å²) in [5, 5.41) is 15.7. The monoisotopic (exact) mass is 245 g/mol. The molecule has 18 heavy (non-hydrogen) atoms. The van der Waals surface area contributed by atoms with E-state index in [1.165, 1.54) is 0 Å². The van der Waals surface area contributed by atoms with E-state index >= 15 is 0 Å². The molecule has 0 aliphatic carbocycles. The first-order valence-electron chi connectivity index (χ1n) is 5.64. The zero-order valence-electron chi connectivity index (χ0n) is 10.1. The van der Waals surface area contributed by atoms with E-state index < -0.39 is 0 Å². The summed E-state index contributed by atoms with van der Waals surface area (Å²) in [6, 6.07) is 6.66. The van der Waals surface area contributed by atoms with Gasteiger partial charge in [-0.05, 0) is 17.7 Å². The van der Waals surface area contributed by atoms with E-state index in [0.29, 0.717) is 13.0 Å². The van der Waals surface area contributed by atoms with Crippen LogP contribution in [-0.4, -0.2) is 33.2 Å². The Hall–Kier alpha value is -2.30. The van der Waals surface area contributed by atoms with Crippen LogP contribution in [0.2, 0.25) is 0 Å². The predicted octanol–water partition coefficient (Wildman–Crippen LogP) is 1.32. The van der Waals surface area contributed by atoms with Crippen molar-refractivity contribution in [2.75, 3.05) is 7.05 Å². The average Bonchev–Trinajstić information content (AvgIpc) is 2.85. The van der Waals surface area contributed by atoms with Gasteiger partial charge < -0.3 is 10.0 Å². The number of H-pyrrole nitrogens is 1. The van der Waals surface area contributed by atoms with Gasteiger partial charge in [0.25, 0.3) is 0 Å². The van der Waals surface area contributed by atoms with Gasteiger partial charge in [-0.25, -0.2) is 0 Å². The highest BCUT2D eigenvalue weighted by Gasteiger charge is 2.10. The first-order valence-corrected chi connectivity index (χ1v) is 5.64. The van der Waals surface area contributed by atoms with Crippen LogP contribution in [0.25, 0.3) is 0 Å². The van der Waals surface area contributed by atoms with Crippen LogP contribution in [0.1, 0.15) is 11.1 Å². The highest BCUT2D eigenvalue weighted by atomic mass is 16.3. The van der Waals surface area contributed by atoms with Crippen molar-refractivity contribution < 1.29 is 9.90 Å². The van der Waals surface area contributed by atoms with Gasteiger partial charge in [0, 0.05) is 25.4 Å². The van der Waals surface area contributed by atoms with Gasteiger partial charge in [-0.1, -0.05) is 12.1 Å². The zero-order chi connectivity index (χ0) is 13.0. The number of phenols is 1. The van der Waals surface area contributed by atoms with Gasteiger partial charge >= 0.3 is 0 Å². The van der Waals surface area contributed by atoms with Crippen LogP contribution in [0, 0.1) is 0 Å². The summed E-state index contributed by atoms with van der Waals surface area (Å²) in [4.78, 5) is 13.6. The van der Waals surface area contributed by atoms with Gasteiger partial charge in [0.2, 0.25) is 5.91 Å². The number of benzene rings is 1. The van der Waals surface area contributed by atoms with E-state index in [9.17, 15) is 4.79 Å². The number of nitrogens with zero attached hydrogens (tertiary/aromatic N) is 2. The lowest BCUT2D eigenvalue weighted by atomic mass is 10.1. The molecule has 2 aromatic rings. The molecule has 1 heterocycles. The number of hydrogen-bond acceptors (Lipinski definition) is 3. The van der Waals surface area contributed by atoms with Crippen molar-refractivity contribution in [3.8, 4) is 5.75 Å². The molecule has 0 radical (unpaired) electrons. The lowest BCUT2D eigenvalue weighted by molar-refractivity contribution is -0.129. The smallest absolute Gasteiger partial charge is 0.227 e. The molecule has 0 unspecified atom stereocenters. The molecular formula is C13H15N3O2. The van der Waals surface area contributed by atoms with Gasteiger partial charge in [-0.2, -0.15) is 5.10 Å². The lowest BCUT2D eigenvalue weighted by Gasteiger charge is -2.16. The molecular weight excluding hydrogens is 230 g/mol. The van der Waals surface area contributed by atoms with E-state index in [4.69, 9.17) is 5.11 Å². The van der Waals surface area contributed by atoms with Gasteiger partial charge in [-0.3, -0.25) is 9.89 Å². The second-order valence-electron chi connectivity index (χ2n) is 4.20. The fourth-order valence-corrected chi connectivity index (χ4v) is 1.65. The molecule has 0 aliphatic rings. The SMILES string of the molecule is CN(Cc1cn[nH]c1)C(=O)Cc1ccc(O)cc1. The molecule has 5 heteroatoms. The molecule has 0 aliphatic heterocycles. The molecule has 2 rings (SSSR count). The van der Waals surface area contributed by atoms with Crippen LogP contribution in [0.5, 0.6) is 5.75 Å². The summed E-state index contributed by atoms with van der Waals surface area (Å²) in [5.74, 6) is 0.236. The predicted molar refractivity (Wildman–Crippen MR) is 66.9 cm³/mol. The van der Waals surface area contributed by atoms with Gasteiger partial charge in [0.1, 0.15) is 5.75 Å². The molecule has 94 valence electrons. The van der Waals surface area contributed by atoms with Crippen molar-refractivity contribution in [3.05, 3.63) is 47.8 Å². The molecule has 1 aromatic heterocycles. The highest BCUT2D eigenvalue weighted by molar-refractivity contribution is 5.78. The normalized spacial score (nSPS) is 10.3. The molecule has 0 atom stereocenters. The summed E-state index contributed by atoms with van der Waals surface area (Å²) in [5.41, 5.74) is 1.85. The summed E-state index contributed by atoms with van der Waals surface area (Å²) < 4.78 is 0. The minimum Gasteiger partial charge on any atom is -0.508 e. The number of aromatic hydroxyl groups is 1. The van der Waals surface area contributed by atoms with Crippen LogP contribution < -0.4 is 0 Å². The fraction of sp³-hybridized carbons (Fsp3) is 0.231. The third kappa shape index (κ3) is 3.10. The Bertz CT molecular complexity index is 506. The molecule has 1 amide bonds. The number of aromatic amines is 1. The Morgan fingerprint density at radius 2 is 2.06 bits per heavy atom. The summed E-state index contributed by atoms with van der Waals surface area (Å²) in [7, 11) is 1.76. The molecule has 0 saturated carbocycles. The Morgan fingerprint density at radius 1 is 1.33 bits per heavy atom. The molecule has 2 N–H and O–H groups in total. The maximum absolute atomic E-state index is 12.0. The molecule has 0 spiro atoms. The average molecular weight is 245 g/mol. The molecule has 0 fully saturated rings. The van der Waals surface area contributed by atoms with Gasteiger partial charge in [0.05, 0.1) is 12.6 Å². The second-order valence-corrected chi connectivity index (χ2v) is 4.20. The molecule has 5 nitrogen and oxygen atoms in total. The minimum absolute atomic E-state index is 0.0295. The third-order valence-electron chi connectivity index (χ3n) is 2.69. The fourth-order valence-electron chi connectivity index (χ4n) is 1.65. The van der Waals surface area contributed by atoms with Crippen molar-refractivity contribution in [2.45, 2.75) is 13.0 Å². The Kier molecular flexibility index (Phi) is 3.62. The zero-order valence-corrected chi connectivity index (χ0v) is 10.1. The topological polar surface area (TPSA) is 69.2 Å². The van der Waals surface area contributed by atoms with Gasteiger partial charge in [-0.15, -0.1) is 0 Å². The van der Waals surface area contributed by atoms with Crippen molar-refractivity contribution >= 4 is 5.91 Å². The van der Waals surface area contributed by atoms with Crippen molar-refractivity contribution in [1.29, 1.82) is 0 Å². The van der Waals surface area contributed by atoms with Crippen LogP contribution in [0.15, 0.2) is 36.7 Å². The standard InChI is InChI=1S/C13H15N3O2/c1-16(9-11-7-14-15-8-11)13(18)6-10-2-4-12(17)5-3-10/h2-5,7-8,17H,6,9H2,1H3,(H,14,15).